The maximum Gasteiger partial charge on any atom is 0.0110 e. The third-order valence-corrected chi connectivity index (χ3v) is 7.41. The van der Waals surface area contributed by atoms with Crippen molar-refractivity contribution in [1.82, 2.24) is 29.8 Å². The van der Waals surface area contributed by atoms with E-state index in [1.165, 1.54) is 25.7 Å². The zero-order valence-electron chi connectivity index (χ0n) is 26.3. The van der Waals surface area contributed by atoms with Gasteiger partial charge in [-0.15, -0.1) is 0 Å². The second-order valence-electron chi connectivity index (χ2n) is 10.8. The van der Waals surface area contributed by atoms with Crippen LogP contribution in [0.2, 0.25) is 0 Å². The third-order valence-electron chi connectivity index (χ3n) is 7.41. The first-order valence-electron chi connectivity index (χ1n) is 16.1. The second-order valence-corrected chi connectivity index (χ2v) is 10.8. The summed E-state index contributed by atoms with van der Waals surface area (Å²) in [5, 5.41) is 3.64. The van der Waals surface area contributed by atoms with Crippen LogP contribution in [-0.4, -0.2) is 175 Å². The quantitative estimate of drug-likeness (QED) is 0.0417. The number of hydrogen-bond acceptors (Lipinski definition) is 12. The minimum atomic E-state index is 0.664. The van der Waals surface area contributed by atoms with Gasteiger partial charge >= 0.3 is 0 Å². The molecule has 0 fully saturated rings. The molecule has 0 aromatic carbocycles. The summed E-state index contributed by atoms with van der Waals surface area (Å²) in [6.07, 6.45) is 5.13. The molecule has 0 aliphatic carbocycles. The molecular weight excluding hydrogens is 504 g/mol. The average Bonchev–Trinajstić information content (AvgIpc) is 2.94. The monoisotopic (exact) mass is 575 g/mol. The minimum absolute atomic E-state index is 0.664. The highest BCUT2D eigenvalue weighted by atomic mass is 15.2. The van der Waals surface area contributed by atoms with Crippen molar-refractivity contribution in [3.05, 3.63) is 0 Å². The van der Waals surface area contributed by atoms with Crippen LogP contribution in [0.5, 0.6) is 0 Å². The summed E-state index contributed by atoms with van der Waals surface area (Å²) in [6.45, 7) is 22.9. The molecule has 0 saturated carbocycles. The smallest absolute Gasteiger partial charge is 0.0110 e. The molecule has 0 spiro atoms. The van der Waals surface area contributed by atoms with E-state index < -0.39 is 0 Å². The predicted octanol–water partition coefficient (Wildman–Crippen LogP) is -2.58. The Hall–Kier alpha value is -0.480. The Kier molecular flexibility index (Phi) is 29.6. The van der Waals surface area contributed by atoms with E-state index in [1.807, 2.05) is 0 Å². The highest BCUT2D eigenvalue weighted by molar-refractivity contribution is 4.71. The Morgan fingerprint density at radius 1 is 0.350 bits per heavy atom. The van der Waals surface area contributed by atoms with E-state index in [2.05, 4.69) is 36.7 Å². The Bertz CT molecular complexity index is 484. The summed E-state index contributed by atoms with van der Waals surface area (Å²) in [5.74, 6) is 0. The SMILES string of the molecule is CCCCCCN(CCN(CCN)CCN)CCN(CCNCCN(CCN)CCN)CCN(CCN)CCN. The first-order valence-corrected chi connectivity index (χ1v) is 16.1. The normalized spacial score (nSPS) is 12.3. The summed E-state index contributed by atoms with van der Waals surface area (Å²) >= 11 is 0. The number of nitrogens with zero attached hydrogens (tertiary/aromatic N) is 5. The molecule has 0 rings (SSSR count). The Morgan fingerprint density at radius 2 is 0.650 bits per heavy atom. The van der Waals surface area contributed by atoms with Crippen LogP contribution in [0.4, 0.5) is 0 Å². The first kappa shape index (κ1) is 39.5. The zero-order valence-corrected chi connectivity index (χ0v) is 26.3. The van der Waals surface area contributed by atoms with Crippen LogP contribution in [0, 0.1) is 0 Å². The number of rotatable bonds is 32. The summed E-state index contributed by atoms with van der Waals surface area (Å²) in [6, 6.07) is 0. The zero-order chi connectivity index (χ0) is 29.7. The fourth-order valence-corrected chi connectivity index (χ4v) is 4.98. The number of unbranched alkanes of at least 4 members (excludes halogenated alkanes) is 3. The predicted molar refractivity (Wildman–Crippen MR) is 174 cm³/mol. The van der Waals surface area contributed by atoms with E-state index in [0.717, 1.165) is 111 Å². The lowest BCUT2D eigenvalue weighted by molar-refractivity contribution is 0.162. The third kappa shape index (κ3) is 23.1. The van der Waals surface area contributed by atoms with Gasteiger partial charge in [0.2, 0.25) is 0 Å². The van der Waals surface area contributed by atoms with Gasteiger partial charge < -0.3 is 44.6 Å². The topological polar surface area (TPSA) is 184 Å². The molecule has 0 atom stereocenters. The largest absolute Gasteiger partial charge is 0.329 e. The van der Waals surface area contributed by atoms with Crippen molar-refractivity contribution in [2.75, 3.05) is 151 Å². The Morgan fingerprint density at radius 3 is 0.975 bits per heavy atom. The van der Waals surface area contributed by atoms with Gasteiger partial charge in [-0.3, -0.25) is 19.6 Å². The van der Waals surface area contributed by atoms with Gasteiger partial charge in [0.05, 0.1) is 0 Å². The van der Waals surface area contributed by atoms with Crippen LogP contribution >= 0.6 is 0 Å². The standard InChI is InChI=1S/C28H70N12/c1-2-3-4-5-14-36(23-25-38(17-8-31)18-9-32)24-27-40(28-26-39(19-10-33)20-11-34)22-13-35-12-21-37(15-6-29)16-7-30/h35H,2-34H2,1H3. The summed E-state index contributed by atoms with van der Waals surface area (Å²) in [7, 11) is 0. The highest BCUT2D eigenvalue weighted by Gasteiger charge is 2.13. The van der Waals surface area contributed by atoms with Crippen molar-refractivity contribution in [3.8, 4) is 0 Å². The maximum atomic E-state index is 5.86. The van der Waals surface area contributed by atoms with Crippen molar-refractivity contribution in [2.45, 2.75) is 32.6 Å². The van der Waals surface area contributed by atoms with Crippen LogP contribution < -0.4 is 39.7 Å². The van der Waals surface area contributed by atoms with Crippen LogP contribution in [0.3, 0.4) is 0 Å². The molecule has 0 unspecified atom stereocenters. The van der Waals surface area contributed by atoms with E-state index in [1.54, 1.807) is 0 Å². The Labute approximate surface area is 247 Å². The molecular formula is C28H70N12. The molecule has 0 radical (unpaired) electrons. The lowest BCUT2D eigenvalue weighted by Gasteiger charge is -2.31. The molecule has 12 heteroatoms. The minimum Gasteiger partial charge on any atom is -0.329 e. The number of nitrogens with two attached hydrogens (primary N) is 6. The lowest BCUT2D eigenvalue weighted by Crippen LogP contribution is -2.46. The summed E-state index contributed by atoms with van der Waals surface area (Å²) in [5.41, 5.74) is 34.9. The van der Waals surface area contributed by atoms with Gasteiger partial charge in [-0.1, -0.05) is 26.2 Å². The molecule has 0 saturated heterocycles. The van der Waals surface area contributed by atoms with Crippen LogP contribution in [0.1, 0.15) is 32.6 Å². The average molecular weight is 575 g/mol. The fourth-order valence-electron chi connectivity index (χ4n) is 4.98. The van der Waals surface area contributed by atoms with E-state index in [0.29, 0.717) is 39.3 Å². The van der Waals surface area contributed by atoms with Gasteiger partial charge in [-0.2, -0.15) is 0 Å². The van der Waals surface area contributed by atoms with Gasteiger partial charge in [0.25, 0.3) is 0 Å². The van der Waals surface area contributed by atoms with E-state index >= 15 is 0 Å². The van der Waals surface area contributed by atoms with E-state index in [-0.39, 0.29) is 0 Å². The molecule has 0 bridgehead atoms. The van der Waals surface area contributed by atoms with Gasteiger partial charge in [0.1, 0.15) is 0 Å². The van der Waals surface area contributed by atoms with Gasteiger partial charge in [-0.05, 0) is 13.0 Å². The van der Waals surface area contributed by atoms with Crippen molar-refractivity contribution >= 4 is 0 Å². The first-order chi connectivity index (χ1) is 19.6. The molecule has 0 aliphatic rings. The van der Waals surface area contributed by atoms with Crippen molar-refractivity contribution in [2.24, 2.45) is 34.4 Å². The molecule has 13 N–H and O–H groups in total. The molecule has 40 heavy (non-hydrogen) atoms. The summed E-state index contributed by atoms with van der Waals surface area (Å²) in [4.78, 5) is 12.4. The van der Waals surface area contributed by atoms with Gasteiger partial charge in [0.15, 0.2) is 0 Å². The van der Waals surface area contributed by atoms with E-state index in [9.17, 15) is 0 Å². The molecule has 0 amide bonds. The summed E-state index contributed by atoms with van der Waals surface area (Å²) < 4.78 is 0. The van der Waals surface area contributed by atoms with Crippen LogP contribution in [0.25, 0.3) is 0 Å². The van der Waals surface area contributed by atoms with Gasteiger partial charge in [0, 0.05) is 144 Å². The number of hydrogen-bond donors (Lipinski definition) is 7. The van der Waals surface area contributed by atoms with Crippen LogP contribution in [-0.2, 0) is 0 Å². The van der Waals surface area contributed by atoms with Crippen LogP contribution in [0.15, 0.2) is 0 Å². The molecule has 242 valence electrons. The maximum absolute atomic E-state index is 5.86. The second kappa shape index (κ2) is 30.0. The molecule has 0 aliphatic heterocycles. The number of nitrogens with one attached hydrogen (secondary N) is 1. The van der Waals surface area contributed by atoms with Crippen molar-refractivity contribution < 1.29 is 0 Å². The molecule has 12 nitrogen and oxygen atoms in total. The van der Waals surface area contributed by atoms with E-state index in [4.69, 9.17) is 34.4 Å². The molecule has 0 heterocycles. The molecule has 0 aromatic heterocycles. The Balaban J connectivity index is 5.04. The van der Waals surface area contributed by atoms with Crippen molar-refractivity contribution in [3.63, 3.8) is 0 Å². The van der Waals surface area contributed by atoms with Gasteiger partial charge in [-0.25, -0.2) is 0 Å². The molecule has 0 aromatic rings. The fraction of sp³-hybridized carbons (Fsp3) is 1.00. The highest BCUT2D eigenvalue weighted by Crippen LogP contribution is 2.03. The van der Waals surface area contributed by atoms with Crippen molar-refractivity contribution in [1.29, 1.82) is 0 Å². The lowest BCUT2D eigenvalue weighted by atomic mass is 10.2.